The topological polar surface area (TPSA) is 38.0 Å². The van der Waals surface area contributed by atoms with Crippen molar-refractivity contribution >= 4 is 17.1 Å². The van der Waals surface area contributed by atoms with E-state index in [0.29, 0.717) is 22.6 Å². The van der Waals surface area contributed by atoms with E-state index in [4.69, 9.17) is 5.73 Å². The molecule has 0 saturated heterocycles. The first-order chi connectivity index (χ1) is 8.06. The zero-order valence-electron chi connectivity index (χ0n) is 9.30. The quantitative estimate of drug-likeness (QED) is 0.779. The molecule has 17 heavy (non-hydrogen) atoms. The van der Waals surface area contributed by atoms with Crippen LogP contribution in [0.25, 0.3) is 0 Å². The summed E-state index contributed by atoms with van der Waals surface area (Å²) in [5.74, 6) is -0.650. The molecule has 88 valence electrons. The number of halogens is 2. The fourth-order valence-electron chi connectivity index (χ4n) is 1.51. The third-order valence-electron chi connectivity index (χ3n) is 2.45. The van der Waals surface area contributed by atoms with E-state index in [2.05, 4.69) is 5.32 Å². The summed E-state index contributed by atoms with van der Waals surface area (Å²) in [7, 11) is 0. The molecule has 0 aliphatic heterocycles. The van der Waals surface area contributed by atoms with Crippen LogP contribution >= 0.6 is 0 Å². The zero-order chi connectivity index (χ0) is 12.4. The fraction of sp³-hybridized carbons (Fsp3) is 0.0769. The van der Waals surface area contributed by atoms with Crippen LogP contribution in [0.5, 0.6) is 0 Å². The van der Waals surface area contributed by atoms with Crippen molar-refractivity contribution in [3.8, 4) is 0 Å². The third-order valence-corrected chi connectivity index (χ3v) is 2.45. The monoisotopic (exact) mass is 234 g/mol. The number of rotatable bonds is 2. The molecular weight excluding hydrogens is 222 g/mol. The second-order valence-electron chi connectivity index (χ2n) is 3.82. The largest absolute Gasteiger partial charge is 0.397 e. The summed E-state index contributed by atoms with van der Waals surface area (Å²) in [6.45, 7) is 1.66. The Hall–Kier alpha value is -2.10. The van der Waals surface area contributed by atoms with Gasteiger partial charge in [0.05, 0.1) is 11.4 Å². The maximum atomic E-state index is 13.1. The fourth-order valence-corrected chi connectivity index (χ4v) is 1.51. The number of benzene rings is 2. The third kappa shape index (κ3) is 2.53. The number of hydrogen-bond donors (Lipinski definition) is 2. The van der Waals surface area contributed by atoms with Crippen LogP contribution in [0.3, 0.4) is 0 Å². The standard InChI is InChI=1S/C13H12F2N2/c1-8-6-10(3-4-11(8)15)17-13-7-9(14)2-5-12(13)16/h2-7,17H,16H2,1H3. The van der Waals surface area contributed by atoms with Gasteiger partial charge in [-0.3, -0.25) is 0 Å². The van der Waals surface area contributed by atoms with Crippen molar-refractivity contribution in [2.75, 3.05) is 11.1 Å². The van der Waals surface area contributed by atoms with E-state index in [1.54, 1.807) is 19.1 Å². The molecule has 2 nitrogen and oxygen atoms in total. The first-order valence-corrected chi connectivity index (χ1v) is 5.14. The zero-order valence-corrected chi connectivity index (χ0v) is 9.30. The molecule has 0 fully saturated rings. The average Bonchev–Trinajstić information content (AvgIpc) is 2.29. The van der Waals surface area contributed by atoms with Gasteiger partial charge >= 0.3 is 0 Å². The number of nitrogens with two attached hydrogens (primary N) is 1. The first kappa shape index (κ1) is 11.4. The van der Waals surface area contributed by atoms with Crippen molar-refractivity contribution in [3.05, 3.63) is 53.6 Å². The van der Waals surface area contributed by atoms with Crippen LogP contribution in [0, 0.1) is 18.6 Å². The summed E-state index contributed by atoms with van der Waals surface area (Å²) >= 11 is 0. The van der Waals surface area contributed by atoms with Crippen LogP contribution < -0.4 is 11.1 Å². The Morgan fingerprint density at radius 2 is 1.82 bits per heavy atom. The minimum atomic E-state index is -0.375. The maximum Gasteiger partial charge on any atom is 0.126 e. The van der Waals surface area contributed by atoms with Crippen molar-refractivity contribution in [3.63, 3.8) is 0 Å². The molecule has 0 radical (unpaired) electrons. The van der Waals surface area contributed by atoms with Gasteiger partial charge in [0.2, 0.25) is 0 Å². The number of nitrogens with one attached hydrogen (secondary N) is 1. The van der Waals surface area contributed by atoms with Crippen LogP contribution in [0.15, 0.2) is 36.4 Å². The van der Waals surface area contributed by atoms with Crippen LogP contribution in [0.2, 0.25) is 0 Å². The minimum absolute atomic E-state index is 0.275. The number of anilines is 3. The molecule has 0 aromatic heterocycles. The summed E-state index contributed by atoms with van der Waals surface area (Å²) in [6, 6.07) is 8.64. The van der Waals surface area contributed by atoms with Crippen LogP contribution in [0.1, 0.15) is 5.56 Å². The Labute approximate surface area is 98.1 Å². The predicted octanol–water partition coefficient (Wildman–Crippen LogP) is 3.60. The van der Waals surface area contributed by atoms with E-state index >= 15 is 0 Å². The van der Waals surface area contributed by atoms with Gasteiger partial charge in [0.25, 0.3) is 0 Å². The second-order valence-corrected chi connectivity index (χ2v) is 3.82. The number of aryl methyl sites for hydroxylation is 1. The molecule has 4 heteroatoms. The van der Waals surface area contributed by atoms with E-state index in [1.165, 1.54) is 24.3 Å². The van der Waals surface area contributed by atoms with Gasteiger partial charge in [-0.1, -0.05) is 0 Å². The van der Waals surface area contributed by atoms with Gasteiger partial charge in [0.1, 0.15) is 11.6 Å². The van der Waals surface area contributed by atoms with Gasteiger partial charge in [-0.25, -0.2) is 8.78 Å². The van der Waals surface area contributed by atoms with Crippen molar-refractivity contribution in [1.29, 1.82) is 0 Å². The smallest absolute Gasteiger partial charge is 0.126 e. The van der Waals surface area contributed by atoms with Crippen LogP contribution in [-0.4, -0.2) is 0 Å². The molecule has 0 amide bonds. The van der Waals surface area contributed by atoms with E-state index in [0.717, 1.165) is 0 Å². The van der Waals surface area contributed by atoms with E-state index in [-0.39, 0.29) is 11.6 Å². The highest BCUT2D eigenvalue weighted by molar-refractivity contribution is 5.72. The van der Waals surface area contributed by atoms with Crippen LogP contribution in [-0.2, 0) is 0 Å². The summed E-state index contributed by atoms with van der Waals surface area (Å²) in [6.07, 6.45) is 0. The SMILES string of the molecule is Cc1cc(Nc2cc(F)ccc2N)ccc1F. The lowest BCUT2D eigenvalue weighted by Crippen LogP contribution is -1.97. The van der Waals surface area contributed by atoms with Crippen molar-refractivity contribution < 1.29 is 8.78 Å². The highest BCUT2D eigenvalue weighted by Gasteiger charge is 2.03. The van der Waals surface area contributed by atoms with Crippen molar-refractivity contribution in [2.24, 2.45) is 0 Å². The molecule has 0 aliphatic carbocycles. The number of hydrogen-bond acceptors (Lipinski definition) is 2. The highest BCUT2D eigenvalue weighted by Crippen LogP contribution is 2.24. The lowest BCUT2D eigenvalue weighted by atomic mass is 10.2. The number of nitrogen functional groups attached to an aromatic ring is 1. The molecule has 2 rings (SSSR count). The second kappa shape index (κ2) is 4.41. The Kier molecular flexibility index (Phi) is 2.95. The van der Waals surface area contributed by atoms with Gasteiger partial charge in [-0.05, 0) is 48.9 Å². The summed E-state index contributed by atoms with van der Waals surface area (Å²) < 4.78 is 26.1. The van der Waals surface area contributed by atoms with Gasteiger partial charge in [0, 0.05) is 5.69 Å². The van der Waals surface area contributed by atoms with Crippen molar-refractivity contribution in [2.45, 2.75) is 6.92 Å². The highest BCUT2D eigenvalue weighted by atomic mass is 19.1. The van der Waals surface area contributed by atoms with E-state index < -0.39 is 0 Å². The molecule has 0 heterocycles. The summed E-state index contributed by atoms with van der Waals surface area (Å²) in [5, 5.41) is 2.95. The lowest BCUT2D eigenvalue weighted by molar-refractivity contribution is 0.618. The Balaban J connectivity index is 2.31. The van der Waals surface area contributed by atoms with Gasteiger partial charge < -0.3 is 11.1 Å². The maximum absolute atomic E-state index is 13.1. The normalized spacial score (nSPS) is 10.3. The summed E-state index contributed by atoms with van der Waals surface area (Å²) in [4.78, 5) is 0. The van der Waals surface area contributed by atoms with Gasteiger partial charge in [-0.15, -0.1) is 0 Å². The molecular formula is C13H12F2N2. The van der Waals surface area contributed by atoms with Crippen LogP contribution in [0.4, 0.5) is 25.8 Å². The molecule has 0 unspecified atom stereocenters. The lowest BCUT2D eigenvalue weighted by Gasteiger charge is -2.10. The molecule has 0 bridgehead atoms. The van der Waals surface area contributed by atoms with Gasteiger partial charge in [0.15, 0.2) is 0 Å². The Morgan fingerprint density at radius 3 is 2.53 bits per heavy atom. The molecule has 0 atom stereocenters. The molecule has 2 aromatic carbocycles. The molecule has 0 aliphatic rings. The predicted molar refractivity (Wildman–Crippen MR) is 65.2 cm³/mol. The molecule has 3 N–H and O–H groups in total. The molecule has 0 saturated carbocycles. The average molecular weight is 234 g/mol. The molecule has 0 spiro atoms. The Bertz CT molecular complexity index is 553. The van der Waals surface area contributed by atoms with Gasteiger partial charge in [-0.2, -0.15) is 0 Å². The van der Waals surface area contributed by atoms with E-state index in [1.807, 2.05) is 0 Å². The first-order valence-electron chi connectivity index (χ1n) is 5.14. The Morgan fingerprint density at radius 1 is 1.06 bits per heavy atom. The minimum Gasteiger partial charge on any atom is -0.397 e. The summed E-state index contributed by atoms with van der Waals surface area (Å²) in [5.41, 5.74) is 7.80. The van der Waals surface area contributed by atoms with Crippen molar-refractivity contribution in [1.82, 2.24) is 0 Å². The molecule has 2 aromatic rings. The van der Waals surface area contributed by atoms with E-state index in [9.17, 15) is 8.78 Å².